The first-order valence-electron chi connectivity index (χ1n) is 20.4. The van der Waals surface area contributed by atoms with Crippen LogP contribution in [-0.2, 0) is 23.8 Å². The maximum absolute atomic E-state index is 14.0. The van der Waals surface area contributed by atoms with Crippen LogP contribution in [0.3, 0.4) is 0 Å². The van der Waals surface area contributed by atoms with Crippen LogP contribution in [0.15, 0.2) is 54.9 Å². The summed E-state index contributed by atoms with van der Waals surface area (Å²) in [4.78, 5) is 77.0. The molecular formula is C43H51N9O7. The van der Waals surface area contributed by atoms with E-state index in [-0.39, 0.29) is 35.7 Å². The van der Waals surface area contributed by atoms with E-state index in [1.165, 1.54) is 14.2 Å². The van der Waals surface area contributed by atoms with Crippen LogP contribution in [0.1, 0.15) is 76.1 Å². The van der Waals surface area contributed by atoms with Crippen LogP contribution in [0.4, 0.5) is 9.59 Å². The van der Waals surface area contributed by atoms with Crippen molar-refractivity contribution in [1.82, 2.24) is 45.4 Å². The van der Waals surface area contributed by atoms with Crippen LogP contribution in [0.2, 0.25) is 0 Å². The first-order valence-corrected chi connectivity index (χ1v) is 20.4. The second-order valence-electron chi connectivity index (χ2n) is 16.0. The van der Waals surface area contributed by atoms with Gasteiger partial charge in [0, 0.05) is 49.0 Å². The number of amides is 4. The molecule has 0 spiro atoms. The number of rotatable bonds is 10. The summed E-state index contributed by atoms with van der Waals surface area (Å²) in [6, 6.07) is 12.4. The van der Waals surface area contributed by atoms with Crippen LogP contribution in [0.25, 0.3) is 44.3 Å². The number of hydrogen-bond acceptors (Lipinski definition) is 10. The maximum Gasteiger partial charge on any atom is 0.407 e. The highest BCUT2D eigenvalue weighted by Crippen LogP contribution is 2.36. The fraction of sp³-hybridized carbons (Fsp3) is 0.465. The Morgan fingerprint density at radius 2 is 1.46 bits per heavy atom. The summed E-state index contributed by atoms with van der Waals surface area (Å²) in [5.74, 6) is 0.999. The Morgan fingerprint density at radius 3 is 2.19 bits per heavy atom. The van der Waals surface area contributed by atoms with Gasteiger partial charge in [-0.2, -0.15) is 0 Å². The van der Waals surface area contributed by atoms with Gasteiger partial charge in [0.25, 0.3) is 0 Å². The zero-order valence-electron chi connectivity index (χ0n) is 33.8. The summed E-state index contributed by atoms with van der Waals surface area (Å²) in [5.41, 5.74) is 5.16. The Hall–Kier alpha value is -6.03. The van der Waals surface area contributed by atoms with Crippen LogP contribution in [-0.4, -0.2) is 111 Å². The number of imidazole rings is 2. The third-order valence-corrected chi connectivity index (χ3v) is 12.0. The summed E-state index contributed by atoms with van der Waals surface area (Å²) in [7, 11) is 2.59. The zero-order chi connectivity index (χ0) is 41.2. The molecule has 59 heavy (non-hydrogen) atoms. The quantitative estimate of drug-likeness (QED) is 0.129. The normalized spacial score (nSPS) is 19.6. The van der Waals surface area contributed by atoms with E-state index in [9.17, 15) is 19.2 Å². The third-order valence-electron chi connectivity index (χ3n) is 12.0. The molecule has 0 unspecified atom stereocenters. The van der Waals surface area contributed by atoms with Crippen molar-refractivity contribution < 1.29 is 33.4 Å². The lowest BCUT2D eigenvalue weighted by Gasteiger charge is -2.34. The van der Waals surface area contributed by atoms with Gasteiger partial charge < -0.3 is 44.6 Å². The fourth-order valence-corrected chi connectivity index (χ4v) is 8.77. The van der Waals surface area contributed by atoms with Crippen LogP contribution >= 0.6 is 0 Å². The summed E-state index contributed by atoms with van der Waals surface area (Å²) in [6.07, 6.45) is 6.99. The Labute approximate surface area is 341 Å². The van der Waals surface area contributed by atoms with E-state index in [0.717, 1.165) is 70.0 Å². The number of nitrogens with one attached hydrogen (secondary N) is 4. The molecule has 16 heteroatoms. The number of carbonyl (C=O) groups is 4. The van der Waals surface area contributed by atoms with Gasteiger partial charge in [-0.25, -0.2) is 19.6 Å². The number of aromatic amines is 2. The van der Waals surface area contributed by atoms with Crippen LogP contribution in [0.5, 0.6) is 0 Å². The van der Waals surface area contributed by atoms with Gasteiger partial charge in [0.05, 0.1) is 54.9 Å². The standard InChI is InChI=1S/C43H51N9O7/c1-24(2)36(49-42(55)57-3)40(53)52-16-6-8-35(52)39-46-30-12-11-28(21-32(30)47-39)31-20-26-9-10-27(19-29(26)22-44-31)33-23-45-38(48-33)34-7-5-15-51(34)41(54)37(50-43(56)58-4)25-13-17-59-18-14-25/h9-12,19-25,34-37H,5-8,13-18H2,1-4H3,(H,45,48)(H,46,47)(H,49,55)(H,50,56)/t34-,35-,36-,37-/m0/s1. The summed E-state index contributed by atoms with van der Waals surface area (Å²) in [5, 5.41) is 7.50. The summed E-state index contributed by atoms with van der Waals surface area (Å²) >= 11 is 0. The van der Waals surface area contributed by atoms with Crippen molar-refractivity contribution in [3.8, 4) is 22.5 Å². The molecule has 2 aromatic carbocycles. The Bertz CT molecular complexity index is 2350. The van der Waals surface area contributed by atoms with Crippen molar-refractivity contribution in [3.63, 3.8) is 0 Å². The highest BCUT2D eigenvalue weighted by Gasteiger charge is 2.41. The molecule has 6 heterocycles. The SMILES string of the molecule is COC(=O)N[C@H](C(=O)N1CCC[C@H]1c1nc2ccc(-c3cc4ccc(-c5cnc([C@@H]6CCCN6C(=O)[C@@H](NC(=O)OC)C6CCOCC6)[nH]5)cc4cn3)cc2[nH]1)C(C)C. The summed E-state index contributed by atoms with van der Waals surface area (Å²) in [6.45, 7) is 6.07. The van der Waals surface area contributed by atoms with Crippen molar-refractivity contribution in [2.45, 2.75) is 76.5 Å². The van der Waals surface area contributed by atoms with Crippen molar-refractivity contribution in [1.29, 1.82) is 0 Å². The third kappa shape index (κ3) is 8.18. The van der Waals surface area contributed by atoms with Crippen molar-refractivity contribution in [2.24, 2.45) is 11.8 Å². The molecule has 0 saturated carbocycles. The highest BCUT2D eigenvalue weighted by atomic mass is 16.5. The molecule has 3 aromatic heterocycles. The van der Waals surface area contributed by atoms with Crippen LogP contribution < -0.4 is 10.6 Å². The van der Waals surface area contributed by atoms with Gasteiger partial charge in [-0.05, 0) is 80.0 Å². The second-order valence-corrected chi connectivity index (χ2v) is 16.0. The monoisotopic (exact) mass is 805 g/mol. The molecule has 16 nitrogen and oxygen atoms in total. The molecule has 5 aromatic rings. The number of ether oxygens (including phenoxy) is 3. The van der Waals surface area contributed by atoms with E-state index >= 15 is 0 Å². The van der Waals surface area contributed by atoms with Gasteiger partial charge >= 0.3 is 12.2 Å². The second kappa shape index (κ2) is 17.1. The zero-order valence-corrected chi connectivity index (χ0v) is 33.8. The van der Waals surface area contributed by atoms with Gasteiger partial charge in [-0.15, -0.1) is 0 Å². The number of aromatic nitrogens is 5. The Balaban J connectivity index is 0.977. The van der Waals surface area contributed by atoms with Crippen molar-refractivity contribution in [3.05, 3.63) is 66.5 Å². The predicted octanol–water partition coefficient (Wildman–Crippen LogP) is 6.03. The topological polar surface area (TPSA) is 197 Å². The minimum Gasteiger partial charge on any atom is -0.453 e. The molecule has 4 amide bonds. The van der Waals surface area contributed by atoms with E-state index in [4.69, 9.17) is 29.2 Å². The Morgan fingerprint density at radius 1 is 0.763 bits per heavy atom. The van der Waals surface area contributed by atoms with Gasteiger partial charge in [-0.3, -0.25) is 14.6 Å². The average molecular weight is 806 g/mol. The molecule has 3 aliphatic rings. The number of nitrogens with zero attached hydrogens (tertiary/aromatic N) is 5. The number of alkyl carbamates (subject to hydrolysis) is 2. The lowest BCUT2D eigenvalue weighted by Crippen LogP contribution is -2.53. The van der Waals surface area contributed by atoms with E-state index in [0.29, 0.717) is 50.8 Å². The minimum atomic E-state index is -0.703. The van der Waals surface area contributed by atoms with Crippen molar-refractivity contribution in [2.75, 3.05) is 40.5 Å². The fourth-order valence-electron chi connectivity index (χ4n) is 8.77. The first kappa shape index (κ1) is 39.8. The molecule has 0 bridgehead atoms. The number of benzene rings is 2. The lowest BCUT2D eigenvalue weighted by atomic mass is 9.90. The molecule has 3 saturated heterocycles. The number of H-pyrrole nitrogens is 2. The molecule has 4 atom stereocenters. The molecule has 0 radical (unpaired) electrons. The number of carbonyl (C=O) groups excluding carboxylic acids is 4. The van der Waals surface area contributed by atoms with E-state index in [1.54, 1.807) is 6.20 Å². The number of fused-ring (bicyclic) bond motifs is 2. The Kier molecular flexibility index (Phi) is 11.5. The summed E-state index contributed by atoms with van der Waals surface area (Å²) < 4.78 is 15.2. The number of likely N-dealkylation sites (tertiary alicyclic amines) is 2. The maximum atomic E-state index is 14.0. The van der Waals surface area contributed by atoms with Crippen molar-refractivity contribution >= 4 is 45.8 Å². The lowest BCUT2D eigenvalue weighted by molar-refractivity contribution is -0.137. The number of pyridine rings is 1. The first-order chi connectivity index (χ1) is 28.6. The molecule has 0 aliphatic carbocycles. The van der Waals surface area contributed by atoms with E-state index in [2.05, 4.69) is 38.8 Å². The van der Waals surface area contributed by atoms with Crippen LogP contribution in [0, 0.1) is 11.8 Å². The van der Waals surface area contributed by atoms with E-state index in [1.807, 2.05) is 54.1 Å². The molecule has 310 valence electrons. The smallest absolute Gasteiger partial charge is 0.407 e. The van der Waals surface area contributed by atoms with Gasteiger partial charge in [0.1, 0.15) is 23.7 Å². The highest BCUT2D eigenvalue weighted by molar-refractivity contribution is 5.91. The van der Waals surface area contributed by atoms with E-state index < -0.39 is 24.3 Å². The average Bonchev–Trinajstić information content (AvgIpc) is 4.10. The number of methoxy groups -OCH3 is 2. The van der Waals surface area contributed by atoms with Gasteiger partial charge in [0.2, 0.25) is 11.8 Å². The van der Waals surface area contributed by atoms with Gasteiger partial charge in [0.15, 0.2) is 0 Å². The van der Waals surface area contributed by atoms with Gasteiger partial charge in [-0.1, -0.05) is 32.0 Å². The minimum absolute atomic E-state index is 0.0359. The molecule has 3 aliphatic heterocycles. The predicted molar refractivity (Wildman–Crippen MR) is 219 cm³/mol. The number of hydrogen-bond donors (Lipinski definition) is 4. The molecular weight excluding hydrogens is 755 g/mol. The molecule has 8 rings (SSSR count). The molecule has 3 fully saturated rings. The molecule has 4 N–H and O–H groups in total. The largest absolute Gasteiger partial charge is 0.453 e.